The number of hydrogen-bond acceptors (Lipinski definition) is 8. The van der Waals surface area contributed by atoms with E-state index in [1.165, 1.54) is 0 Å². The van der Waals surface area contributed by atoms with Gasteiger partial charge in [0.15, 0.2) is 11.5 Å². The van der Waals surface area contributed by atoms with Gasteiger partial charge in [-0.05, 0) is 65.5 Å². The van der Waals surface area contributed by atoms with E-state index in [1.807, 2.05) is 30.3 Å². The van der Waals surface area contributed by atoms with Crippen molar-refractivity contribution in [2.24, 2.45) is 5.73 Å². The van der Waals surface area contributed by atoms with Crippen molar-refractivity contribution < 1.29 is 18.4 Å². The van der Waals surface area contributed by atoms with E-state index < -0.39 is 14.4 Å². The summed E-state index contributed by atoms with van der Waals surface area (Å²) in [5.74, 6) is 2.31. The Morgan fingerprint density at radius 3 is 2.00 bits per heavy atom. The summed E-state index contributed by atoms with van der Waals surface area (Å²) in [6.45, 7) is 17.6. The first-order valence-electron chi connectivity index (χ1n) is 13.8. The lowest BCUT2D eigenvalue weighted by atomic mass is 9.99. The molecule has 0 saturated heterocycles. The van der Waals surface area contributed by atoms with Gasteiger partial charge in [0.05, 0.1) is 20.3 Å². The lowest BCUT2D eigenvalue weighted by Gasteiger charge is -2.44. The summed E-state index contributed by atoms with van der Waals surface area (Å²) in [7, 11) is 1.11. The van der Waals surface area contributed by atoms with Gasteiger partial charge < -0.3 is 29.5 Å². The highest BCUT2D eigenvalue weighted by Gasteiger charge is 2.46. The molecule has 8 nitrogen and oxygen atoms in total. The molecule has 1 heterocycles. The second kappa shape index (κ2) is 13.1. The second-order valence-electron chi connectivity index (χ2n) is 11.1. The van der Waals surface area contributed by atoms with Gasteiger partial charge in [-0.3, -0.25) is 0 Å². The molecule has 2 aromatic carbocycles. The van der Waals surface area contributed by atoms with Gasteiger partial charge in [-0.2, -0.15) is 4.98 Å². The predicted molar refractivity (Wildman–Crippen MR) is 168 cm³/mol. The first-order valence-corrected chi connectivity index (χ1v) is 16.3. The van der Waals surface area contributed by atoms with Crippen LogP contribution in [0.4, 0.5) is 5.69 Å². The van der Waals surface area contributed by atoms with Crippen LogP contribution >= 0.6 is 12.2 Å². The van der Waals surface area contributed by atoms with E-state index in [9.17, 15) is 0 Å². The second-order valence-corrected chi connectivity index (χ2v) is 17.0. The largest absolute Gasteiger partial charge is 0.493 e. The molecule has 3 N–H and O–H groups in total. The SMILES string of the molecule is COc1cc(C(Nc2ccc(-c3noc(C)n3)cc2)C(N)=S)cc(C(C)O[Si](C(C)C)(C(C)C)C(C)C)c1OC. The molecule has 2 atom stereocenters. The number of rotatable bonds is 13. The smallest absolute Gasteiger partial charge is 0.223 e. The van der Waals surface area contributed by atoms with Gasteiger partial charge in [-0.1, -0.05) is 58.9 Å². The molecule has 0 spiro atoms. The molecule has 0 bridgehead atoms. The Balaban J connectivity index is 2.02. The number of methoxy groups -OCH3 is 2. The first-order chi connectivity index (χ1) is 18.8. The summed E-state index contributed by atoms with van der Waals surface area (Å²) in [6.07, 6.45) is -0.229. The van der Waals surface area contributed by atoms with Gasteiger partial charge in [0.1, 0.15) is 11.0 Å². The van der Waals surface area contributed by atoms with Gasteiger partial charge >= 0.3 is 0 Å². The number of benzene rings is 2. The zero-order valence-corrected chi connectivity index (χ0v) is 27.2. The third-order valence-corrected chi connectivity index (χ3v) is 14.1. The highest BCUT2D eigenvalue weighted by molar-refractivity contribution is 7.80. The van der Waals surface area contributed by atoms with E-state index in [2.05, 4.69) is 70.0 Å². The van der Waals surface area contributed by atoms with Crippen LogP contribution in [-0.4, -0.2) is 37.7 Å². The Morgan fingerprint density at radius 1 is 0.950 bits per heavy atom. The maximum absolute atomic E-state index is 7.12. The van der Waals surface area contributed by atoms with Crippen molar-refractivity contribution in [1.29, 1.82) is 0 Å². The summed E-state index contributed by atoms with van der Waals surface area (Å²) in [5, 5.41) is 7.47. The van der Waals surface area contributed by atoms with E-state index >= 15 is 0 Å². The summed E-state index contributed by atoms with van der Waals surface area (Å²) in [4.78, 5) is 4.60. The van der Waals surface area contributed by atoms with Crippen LogP contribution in [-0.2, 0) is 4.43 Å². The fourth-order valence-electron chi connectivity index (χ4n) is 5.88. The minimum absolute atomic E-state index is 0.229. The van der Waals surface area contributed by atoms with E-state index in [4.69, 9.17) is 36.4 Å². The molecule has 1 aromatic heterocycles. The minimum atomic E-state index is -2.18. The topological polar surface area (TPSA) is 105 Å². The van der Waals surface area contributed by atoms with Crippen LogP contribution in [0.25, 0.3) is 11.4 Å². The molecule has 40 heavy (non-hydrogen) atoms. The van der Waals surface area contributed by atoms with E-state index in [1.54, 1.807) is 21.1 Å². The zero-order chi connectivity index (χ0) is 29.8. The van der Waals surface area contributed by atoms with Crippen LogP contribution in [0.3, 0.4) is 0 Å². The number of aromatic nitrogens is 2. The van der Waals surface area contributed by atoms with Crippen LogP contribution in [0.1, 0.15) is 77.6 Å². The van der Waals surface area contributed by atoms with Crippen LogP contribution in [0, 0.1) is 6.92 Å². The normalized spacial score (nSPS) is 13.5. The Morgan fingerprint density at radius 2 is 1.55 bits per heavy atom. The van der Waals surface area contributed by atoms with Crippen molar-refractivity contribution in [1.82, 2.24) is 10.1 Å². The summed E-state index contributed by atoms with van der Waals surface area (Å²) >= 11 is 5.53. The first kappa shape index (κ1) is 31.6. The lowest BCUT2D eigenvalue weighted by Crippen LogP contribution is -2.48. The number of nitrogens with zero attached hydrogens (tertiary/aromatic N) is 2. The van der Waals surface area contributed by atoms with Crippen molar-refractivity contribution in [2.45, 2.75) is 84.2 Å². The van der Waals surface area contributed by atoms with Crippen LogP contribution in [0.15, 0.2) is 40.9 Å². The summed E-state index contributed by atoms with van der Waals surface area (Å²) < 4.78 is 23.9. The summed E-state index contributed by atoms with van der Waals surface area (Å²) in [5.41, 5.74) is 11.1. The molecule has 2 unspecified atom stereocenters. The quantitative estimate of drug-likeness (QED) is 0.154. The fraction of sp³-hybridized carbons (Fsp3) is 0.500. The van der Waals surface area contributed by atoms with Gasteiger partial charge in [-0.25, -0.2) is 0 Å². The van der Waals surface area contributed by atoms with Crippen molar-refractivity contribution in [3.05, 3.63) is 53.4 Å². The fourth-order valence-corrected chi connectivity index (χ4v) is 11.6. The molecule has 3 aromatic rings. The molecule has 218 valence electrons. The minimum Gasteiger partial charge on any atom is -0.493 e. The Bertz CT molecular complexity index is 1270. The van der Waals surface area contributed by atoms with Crippen molar-refractivity contribution in [3.8, 4) is 22.9 Å². The van der Waals surface area contributed by atoms with Crippen molar-refractivity contribution in [2.75, 3.05) is 19.5 Å². The molecule has 10 heteroatoms. The third kappa shape index (κ3) is 6.50. The average Bonchev–Trinajstić information content (AvgIpc) is 3.34. The van der Waals surface area contributed by atoms with Gasteiger partial charge in [0, 0.05) is 23.7 Å². The van der Waals surface area contributed by atoms with Crippen LogP contribution in [0.5, 0.6) is 11.5 Å². The van der Waals surface area contributed by atoms with Gasteiger partial charge in [-0.15, -0.1) is 0 Å². The number of aryl methyl sites for hydroxylation is 1. The van der Waals surface area contributed by atoms with Gasteiger partial charge in [0.25, 0.3) is 0 Å². The predicted octanol–water partition coefficient (Wildman–Crippen LogP) is 7.75. The Hall–Kier alpha value is -2.95. The van der Waals surface area contributed by atoms with Gasteiger partial charge in [0.2, 0.25) is 20.0 Å². The number of anilines is 1. The zero-order valence-electron chi connectivity index (χ0n) is 25.4. The van der Waals surface area contributed by atoms with Crippen LogP contribution in [0.2, 0.25) is 16.6 Å². The average molecular weight is 585 g/mol. The number of hydrogen-bond donors (Lipinski definition) is 2. The maximum atomic E-state index is 7.12. The lowest BCUT2D eigenvalue weighted by molar-refractivity contribution is 0.189. The Labute approximate surface area is 245 Å². The van der Waals surface area contributed by atoms with Crippen LogP contribution < -0.4 is 20.5 Å². The molecule has 0 saturated carbocycles. The number of thiocarbonyl (C=S) groups is 1. The molecular weight excluding hydrogens is 541 g/mol. The molecule has 0 aliphatic carbocycles. The highest BCUT2D eigenvalue weighted by atomic mass is 32.1. The molecule has 0 radical (unpaired) electrons. The standard InChI is InChI=1S/C30H44N4O4SSi/c1-17(2)40(18(3)4,19(5)6)38-20(7)25-15-23(16-26(35-9)28(25)36-10)27(29(31)39)33-24-13-11-22(12-14-24)30-32-21(8)37-34-30/h11-20,27,33H,1-10H3,(H2,31,39). The highest BCUT2D eigenvalue weighted by Crippen LogP contribution is 2.47. The Kier molecular flexibility index (Phi) is 10.4. The van der Waals surface area contributed by atoms with E-state index in [-0.39, 0.29) is 6.10 Å². The van der Waals surface area contributed by atoms with Crippen molar-refractivity contribution in [3.63, 3.8) is 0 Å². The molecule has 0 aliphatic heterocycles. The summed E-state index contributed by atoms with van der Waals surface area (Å²) in [6, 6.07) is 11.3. The molecule has 0 amide bonds. The molecular formula is C30H44N4O4SSi. The third-order valence-electron chi connectivity index (χ3n) is 7.66. The molecule has 0 fully saturated rings. The number of nitrogens with two attached hydrogens (primary N) is 1. The van der Waals surface area contributed by atoms with Crippen molar-refractivity contribution >= 4 is 31.2 Å². The molecule has 0 aliphatic rings. The monoisotopic (exact) mass is 584 g/mol. The maximum Gasteiger partial charge on any atom is 0.223 e. The number of nitrogens with one attached hydrogen (secondary N) is 1. The van der Waals surface area contributed by atoms with E-state index in [0.29, 0.717) is 44.8 Å². The number of ether oxygens (including phenoxy) is 2. The molecule has 3 rings (SSSR count). The van der Waals surface area contributed by atoms with E-state index in [0.717, 1.165) is 22.4 Å².